The Morgan fingerprint density at radius 2 is 1.61 bits per heavy atom. The zero-order valence-corrected chi connectivity index (χ0v) is 20.7. The minimum absolute atomic E-state index is 0.0918. The molecular weight excluding hydrogens is 465 g/mol. The first-order valence-corrected chi connectivity index (χ1v) is 12.1. The van der Waals surface area contributed by atoms with E-state index >= 15 is 0 Å². The van der Waals surface area contributed by atoms with Gasteiger partial charge in [-0.05, 0) is 35.4 Å². The SMILES string of the molecule is CC(C)(c1ccc(OCC(O)CN2CCOCC2)cc1)c1ccc(OCC(O)CCl)c(Cl)c1. The molecule has 2 aromatic rings. The molecule has 1 fully saturated rings. The van der Waals surface area contributed by atoms with E-state index in [-0.39, 0.29) is 24.5 Å². The second-order valence-corrected chi connectivity index (χ2v) is 9.51. The van der Waals surface area contributed by atoms with Crippen molar-refractivity contribution in [3.8, 4) is 11.5 Å². The summed E-state index contributed by atoms with van der Waals surface area (Å²) in [6, 6.07) is 13.6. The summed E-state index contributed by atoms with van der Waals surface area (Å²) in [6.07, 6.45) is -1.28. The van der Waals surface area contributed by atoms with Gasteiger partial charge in [-0.1, -0.05) is 43.6 Å². The van der Waals surface area contributed by atoms with Crippen LogP contribution in [0.25, 0.3) is 0 Å². The van der Waals surface area contributed by atoms with E-state index in [4.69, 9.17) is 37.4 Å². The number of morpholine rings is 1. The molecule has 33 heavy (non-hydrogen) atoms. The largest absolute Gasteiger partial charge is 0.491 e. The van der Waals surface area contributed by atoms with Crippen LogP contribution in [-0.2, 0) is 10.2 Å². The van der Waals surface area contributed by atoms with E-state index in [2.05, 4.69) is 18.7 Å². The molecule has 8 heteroatoms. The van der Waals surface area contributed by atoms with Crippen LogP contribution in [0.5, 0.6) is 11.5 Å². The van der Waals surface area contributed by atoms with E-state index in [0.717, 1.165) is 30.0 Å². The summed E-state index contributed by atoms with van der Waals surface area (Å²) >= 11 is 12.0. The highest BCUT2D eigenvalue weighted by atomic mass is 35.5. The molecule has 0 bridgehead atoms. The first-order valence-electron chi connectivity index (χ1n) is 11.2. The normalized spacial score (nSPS) is 16.9. The summed E-state index contributed by atoms with van der Waals surface area (Å²) in [4.78, 5) is 2.19. The van der Waals surface area contributed by atoms with Gasteiger partial charge in [-0.15, -0.1) is 11.6 Å². The van der Waals surface area contributed by atoms with Crippen molar-refractivity contribution in [2.75, 3.05) is 51.9 Å². The fourth-order valence-electron chi connectivity index (χ4n) is 3.70. The first-order chi connectivity index (χ1) is 15.8. The van der Waals surface area contributed by atoms with E-state index < -0.39 is 12.2 Å². The summed E-state index contributed by atoms with van der Waals surface area (Å²) in [5.74, 6) is 1.34. The Morgan fingerprint density at radius 3 is 2.24 bits per heavy atom. The van der Waals surface area contributed by atoms with Gasteiger partial charge < -0.3 is 24.4 Å². The average molecular weight is 498 g/mol. The molecule has 2 atom stereocenters. The van der Waals surface area contributed by atoms with Crippen molar-refractivity contribution >= 4 is 23.2 Å². The smallest absolute Gasteiger partial charge is 0.138 e. The Labute approximate surface area is 206 Å². The van der Waals surface area contributed by atoms with Crippen molar-refractivity contribution in [3.05, 3.63) is 58.6 Å². The lowest BCUT2D eigenvalue weighted by Gasteiger charge is -2.28. The second-order valence-electron chi connectivity index (χ2n) is 8.79. The fourth-order valence-corrected chi connectivity index (χ4v) is 4.02. The van der Waals surface area contributed by atoms with Gasteiger partial charge in [0.1, 0.15) is 36.9 Å². The minimum atomic E-state index is -0.736. The predicted molar refractivity (Wildman–Crippen MR) is 131 cm³/mol. The second kappa shape index (κ2) is 12.2. The van der Waals surface area contributed by atoms with Crippen LogP contribution in [0.1, 0.15) is 25.0 Å². The minimum Gasteiger partial charge on any atom is -0.491 e. The summed E-state index contributed by atoms with van der Waals surface area (Å²) in [5.41, 5.74) is 1.84. The molecule has 0 aromatic heterocycles. The first kappa shape index (κ1) is 26.1. The maximum absolute atomic E-state index is 10.3. The lowest BCUT2D eigenvalue weighted by molar-refractivity contribution is 0.00465. The fraction of sp³-hybridized carbons (Fsp3) is 0.520. The van der Waals surface area contributed by atoms with Crippen LogP contribution in [0.15, 0.2) is 42.5 Å². The van der Waals surface area contributed by atoms with E-state index in [1.165, 1.54) is 0 Å². The molecular formula is C25H33Cl2NO5. The number of rotatable bonds is 11. The number of hydrogen-bond donors (Lipinski definition) is 2. The molecule has 1 aliphatic heterocycles. The van der Waals surface area contributed by atoms with Crippen LogP contribution in [0.4, 0.5) is 0 Å². The lowest BCUT2D eigenvalue weighted by Crippen LogP contribution is -2.42. The number of β-amino-alcohol motifs (C(OH)–C–C–N with tert-alkyl or cyclic N) is 1. The summed E-state index contributed by atoms with van der Waals surface area (Å²) in [5, 5.41) is 20.3. The molecule has 2 N–H and O–H groups in total. The van der Waals surface area contributed by atoms with Crippen molar-refractivity contribution in [2.24, 2.45) is 0 Å². The highest BCUT2D eigenvalue weighted by molar-refractivity contribution is 6.32. The van der Waals surface area contributed by atoms with E-state index in [0.29, 0.717) is 30.5 Å². The van der Waals surface area contributed by atoms with E-state index in [1.54, 1.807) is 0 Å². The van der Waals surface area contributed by atoms with Crippen LogP contribution in [-0.4, -0.2) is 79.3 Å². The van der Waals surface area contributed by atoms with Crippen molar-refractivity contribution in [3.63, 3.8) is 0 Å². The molecule has 0 spiro atoms. The molecule has 1 aliphatic rings. The zero-order valence-electron chi connectivity index (χ0n) is 19.2. The molecule has 0 radical (unpaired) electrons. The average Bonchev–Trinajstić information content (AvgIpc) is 2.82. The Hall–Kier alpha value is -1.54. The standard InChI is InChI=1S/C25H33Cl2NO5/c1-25(2,19-5-8-24(23(27)13-19)33-16-20(29)14-26)18-3-6-22(7-4-18)32-17-21(30)15-28-9-11-31-12-10-28/h3-8,13,20-21,29-30H,9-12,14-17H2,1-2H3. The summed E-state index contributed by atoms with van der Waals surface area (Å²) < 4.78 is 16.7. The predicted octanol–water partition coefficient (Wildman–Crippen LogP) is 3.72. The summed E-state index contributed by atoms with van der Waals surface area (Å²) in [7, 11) is 0. The van der Waals surface area contributed by atoms with Crippen LogP contribution >= 0.6 is 23.2 Å². The maximum atomic E-state index is 10.3. The quantitative estimate of drug-likeness (QED) is 0.461. The zero-order chi connectivity index (χ0) is 23.8. The molecule has 0 amide bonds. The van der Waals surface area contributed by atoms with Gasteiger partial charge in [-0.2, -0.15) is 0 Å². The molecule has 2 unspecified atom stereocenters. The molecule has 1 saturated heterocycles. The third kappa shape index (κ3) is 7.47. The lowest BCUT2D eigenvalue weighted by atomic mass is 9.78. The third-order valence-corrected chi connectivity index (χ3v) is 6.51. The number of ether oxygens (including phenoxy) is 3. The number of aliphatic hydroxyl groups excluding tert-OH is 2. The van der Waals surface area contributed by atoms with Gasteiger partial charge in [0.15, 0.2) is 0 Å². The maximum Gasteiger partial charge on any atom is 0.138 e. The highest BCUT2D eigenvalue weighted by Crippen LogP contribution is 2.36. The molecule has 182 valence electrons. The van der Waals surface area contributed by atoms with Gasteiger partial charge in [-0.3, -0.25) is 4.90 Å². The Morgan fingerprint density at radius 1 is 0.970 bits per heavy atom. The van der Waals surface area contributed by atoms with Crippen LogP contribution in [0.3, 0.4) is 0 Å². The number of nitrogens with zero attached hydrogens (tertiary/aromatic N) is 1. The van der Waals surface area contributed by atoms with Crippen molar-refractivity contribution in [1.82, 2.24) is 4.90 Å². The van der Waals surface area contributed by atoms with Gasteiger partial charge >= 0.3 is 0 Å². The summed E-state index contributed by atoms with van der Waals surface area (Å²) in [6.45, 7) is 8.27. The van der Waals surface area contributed by atoms with Gasteiger partial charge in [0, 0.05) is 25.0 Å². The van der Waals surface area contributed by atoms with E-state index in [9.17, 15) is 10.2 Å². The van der Waals surface area contributed by atoms with Gasteiger partial charge in [0.2, 0.25) is 0 Å². The Bertz CT molecular complexity index is 872. The molecule has 1 heterocycles. The van der Waals surface area contributed by atoms with Gasteiger partial charge in [-0.25, -0.2) is 0 Å². The monoisotopic (exact) mass is 497 g/mol. The van der Waals surface area contributed by atoms with Crippen LogP contribution in [0, 0.1) is 0 Å². The number of halogens is 2. The number of aliphatic hydroxyl groups is 2. The number of hydrogen-bond acceptors (Lipinski definition) is 6. The van der Waals surface area contributed by atoms with Crippen molar-refractivity contribution < 1.29 is 24.4 Å². The molecule has 2 aromatic carbocycles. The van der Waals surface area contributed by atoms with Crippen molar-refractivity contribution in [1.29, 1.82) is 0 Å². The number of benzene rings is 2. The van der Waals surface area contributed by atoms with Crippen LogP contribution < -0.4 is 9.47 Å². The third-order valence-electron chi connectivity index (χ3n) is 5.85. The number of alkyl halides is 1. The Balaban J connectivity index is 1.57. The van der Waals surface area contributed by atoms with Gasteiger partial charge in [0.25, 0.3) is 0 Å². The topological polar surface area (TPSA) is 71.4 Å². The molecule has 0 aliphatic carbocycles. The van der Waals surface area contributed by atoms with Crippen LogP contribution in [0.2, 0.25) is 5.02 Å². The van der Waals surface area contributed by atoms with Gasteiger partial charge in [0.05, 0.1) is 24.1 Å². The van der Waals surface area contributed by atoms with Crippen molar-refractivity contribution in [2.45, 2.75) is 31.5 Å². The highest BCUT2D eigenvalue weighted by Gasteiger charge is 2.24. The molecule has 6 nitrogen and oxygen atoms in total. The molecule has 0 saturated carbocycles. The molecule has 3 rings (SSSR count). The Kier molecular flexibility index (Phi) is 9.68. The van der Waals surface area contributed by atoms with E-state index in [1.807, 2.05) is 42.5 Å².